The van der Waals surface area contributed by atoms with Gasteiger partial charge in [-0.15, -0.1) is 0 Å². The second-order valence-electron chi connectivity index (χ2n) is 3.87. The summed E-state index contributed by atoms with van der Waals surface area (Å²) in [5.74, 6) is 1.21. The van der Waals surface area contributed by atoms with Crippen LogP contribution in [0.5, 0.6) is 0 Å². The van der Waals surface area contributed by atoms with E-state index in [1.165, 1.54) is 0 Å². The highest BCUT2D eigenvalue weighted by atomic mass is 16.5. The van der Waals surface area contributed by atoms with E-state index in [4.69, 9.17) is 4.52 Å². The van der Waals surface area contributed by atoms with Gasteiger partial charge in [0.1, 0.15) is 0 Å². The number of aromatic nitrogens is 3. The molecule has 17 heavy (non-hydrogen) atoms. The van der Waals surface area contributed by atoms with Gasteiger partial charge in [0.25, 0.3) is 11.8 Å². The Balaban J connectivity index is 1.83. The van der Waals surface area contributed by atoms with Gasteiger partial charge in [0.2, 0.25) is 0 Å². The van der Waals surface area contributed by atoms with Gasteiger partial charge in [-0.2, -0.15) is 4.98 Å². The molecule has 0 aromatic carbocycles. The Morgan fingerprint density at radius 2 is 1.94 bits per heavy atom. The van der Waals surface area contributed by atoms with E-state index in [2.05, 4.69) is 25.3 Å². The number of piperazine rings is 1. The van der Waals surface area contributed by atoms with E-state index in [0.29, 0.717) is 11.8 Å². The highest BCUT2D eigenvalue weighted by molar-refractivity contribution is 5.53. The second-order valence-corrected chi connectivity index (χ2v) is 3.87. The van der Waals surface area contributed by atoms with Gasteiger partial charge in [-0.3, -0.25) is 4.98 Å². The summed E-state index contributed by atoms with van der Waals surface area (Å²) in [6.07, 6.45) is 3.42. The van der Waals surface area contributed by atoms with Crippen LogP contribution in [-0.2, 0) is 0 Å². The van der Waals surface area contributed by atoms with Crippen LogP contribution in [0.25, 0.3) is 11.5 Å². The number of pyridine rings is 1. The molecule has 3 heterocycles. The van der Waals surface area contributed by atoms with Gasteiger partial charge in [-0.25, -0.2) is 0 Å². The number of hydrogen-bond donors (Lipinski definition) is 1. The van der Waals surface area contributed by atoms with Crippen LogP contribution < -0.4 is 10.2 Å². The van der Waals surface area contributed by atoms with Gasteiger partial charge in [0.05, 0.1) is 0 Å². The average molecular weight is 231 g/mol. The Kier molecular flexibility index (Phi) is 2.71. The van der Waals surface area contributed by atoms with Crippen molar-refractivity contribution in [3.63, 3.8) is 0 Å². The molecule has 1 saturated heterocycles. The fourth-order valence-electron chi connectivity index (χ4n) is 1.82. The Bertz CT molecular complexity index is 478. The molecule has 2 aromatic heterocycles. The Hall–Kier alpha value is -1.95. The van der Waals surface area contributed by atoms with E-state index >= 15 is 0 Å². The van der Waals surface area contributed by atoms with E-state index in [9.17, 15) is 0 Å². The molecule has 0 amide bonds. The van der Waals surface area contributed by atoms with Crippen LogP contribution in [0.4, 0.5) is 5.95 Å². The van der Waals surface area contributed by atoms with Crippen LogP contribution in [0.1, 0.15) is 0 Å². The molecule has 88 valence electrons. The summed E-state index contributed by atoms with van der Waals surface area (Å²) in [5.41, 5.74) is 0.897. The molecule has 1 aliphatic heterocycles. The molecule has 0 unspecified atom stereocenters. The molecule has 1 N–H and O–H groups in total. The molecule has 6 nitrogen and oxygen atoms in total. The van der Waals surface area contributed by atoms with Crippen LogP contribution in [0.2, 0.25) is 0 Å². The normalized spacial score (nSPS) is 16.1. The number of nitrogens with zero attached hydrogens (tertiary/aromatic N) is 4. The third-order valence-corrected chi connectivity index (χ3v) is 2.74. The largest absolute Gasteiger partial charge is 0.336 e. The van der Waals surface area contributed by atoms with Crippen LogP contribution >= 0.6 is 0 Å². The lowest BCUT2D eigenvalue weighted by Crippen LogP contribution is -2.44. The minimum atomic E-state index is 0.543. The fourth-order valence-corrected chi connectivity index (χ4v) is 1.82. The summed E-state index contributed by atoms with van der Waals surface area (Å²) in [5, 5.41) is 7.29. The van der Waals surface area contributed by atoms with Crippen LogP contribution in [0, 0.1) is 0 Å². The molecule has 1 aliphatic rings. The minimum Gasteiger partial charge on any atom is -0.336 e. The molecular weight excluding hydrogens is 218 g/mol. The smallest absolute Gasteiger partial charge is 0.266 e. The van der Waals surface area contributed by atoms with Gasteiger partial charge in [-0.05, 0) is 17.3 Å². The predicted molar refractivity (Wildman–Crippen MR) is 62.6 cm³/mol. The first-order chi connectivity index (χ1) is 8.43. The zero-order valence-electron chi connectivity index (χ0n) is 9.33. The summed E-state index contributed by atoms with van der Waals surface area (Å²) >= 11 is 0. The van der Waals surface area contributed by atoms with Crippen molar-refractivity contribution in [3.05, 3.63) is 24.5 Å². The molecule has 0 bridgehead atoms. The Morgan fingerprint density at radius 3 is 2.71 bits per heavy atom. The van der Waals surface area contributed by atoms with Gasteiger partial charge in [-0.1, -0.05) is 0 Å². The Morgan fingerprint density at radius 1 is 1.18 bits per heavy atom. The summed E-state index contributed by atoms with van der Waals surface area (Å²) in [7, 11) is 0. The van der Waals surface area contributed by atoms with Crippen molar-refractivity contribution in [1.29, 1.82) is 0 Å². The zero-order valence-corrected chi connectivity index (χ0v) is 9.33. The molecule has 6 heteroatoms. The van der Waals surface area contributed by atoms with Crippen molar-refractivity contribution in [2.45, 2.75) is 0 Å². The second kappa shape index (κ2) is 4.50. The zero-order chi connectivity index (χ0) is 11.5. The SMILES string of the molecule is c1cc(-c2nc(N3CCNCC3)no2)ccn1. The highest BCUT2D eigenvalue weighted by Crippen LogP contribution is 2.19. The lowest BCUT2D eigenvalue weighted by molar-refractivity contribution is 0.427. The molecule has 0 aliphatic carbocycles. The monoisotopic (exact) mass is 231 g/mol. The maximum atomic E-state index is 5.25. The first kappa shape index (κ1) is 10.2. The van der Waals surface area contributed by atoms with Crippen molar-refractivity contribution in [3.8, 4) is 11.5 Å². The van der Waals surface area contributed by atoms with E-state index in [-0.39, 0.29) is 0 Å². The van der Waals surface area contributed by atoms with E-state index in [1.807, 2.05) is 12.1 Å². The maximum absolute atomic E-state index is 5.25. The summed E-state index contributed by atoms with van der Waals surface area (Å²) < 4.78 is 5.25. The topological polar surface area (TPSA) is 67.1 Å². The summed E-state index contributed by atoms with van der Waals surface area (Å²) in [6.45, 7) is 3.74. The molecule has 0 spiro atoms. The maximum Gasteiger partial charge on any atom is 0.266 e. The first-order valence-corrected chi connectivity index (χ1v) is 5.63. The van der Waals surface area contributed by atoms with Crippen LogP contribution in [-0.4, -0.2) is 41.3 Å². The summed E-state index contributed by atoms with van der Waals surface area (Å²) in [4.78, 5) is 10.5. The molecule has 0 radical (unpaired) electrons. The van der Waals surface area contributed by atoms with E-state index in [1.54, 1.807) is 12.4 Å². The number of hydrogen-bond acceptors (Lipinski definition) is 6. The van der Waals surface area contributed by atoms with Gasteiger partial charge in [0, 0.05) is 44.1 Å². The highest BCUT2D eigenvalue weighted by Gasteiger charge is 2.16. The molecule has 3 rings (SSSR count). The standard InChI is InChI=1S/C11H13N5O/c1-3-12-4-2-9(1)10-14-11(15-17-10)16-7-5-13-6-8-16/h1-4,13H,5-8H2. The van der Waals surface area contributed by atoms with Gasteiger partial charge < -0.3 is 14.7 Å². The number of rotatable bonds is 2. The lowest BCUT2D eigenvalue weighted by atomic mass is 10.3. The van der Waals surface area contributed by atoms with Gasteiger partial charge in [0.15, 0.2) is 0 Å². The summed E-state index contributed by atoms with van der Waals surface area (Å²) in [6, 6.07) is 3.71. The minimum absolute atomic E-state index is 0.543. The molecule has 0 saturated carbocycles. The number of anilines is 1. The number of nitrogens with one attached hydrogen (secondary N) is 1. The molecule has 2 aromatic rings. The first-order valence-electron chi connectivity index (χ1n) is 5.63. The molecular formula is C11H13N5O. The molecule has 0 atom stereocenters. The van der Waals surface area contributed by atoms with Crippen molar-refractivity contribution in [1.82, 2.24) is 20.4 Å². The Labute approximate surface area is 98.7 Å². The lowest BCUT2D eigenvalue weighted by Gasteiger charge is -2.25. The van der Waals surface area contributed by atoms with Gasteiger partial charge >= 0.3 is 0 Å². The van der Waals surface area contributed by atoms with Crippen LogP contribution in [0.3, 0.4) is 0 Å². The van der Waals surface area contributed by atoms with Crippen LogP contribution in [0.15, 0.2) is 29.0 Å². The van der Waals surface area contributed by atoms with E-state index in [0.717, 1.165) is 31.7 Å². The van der Waals surface area contributed by atoms with Crippen molar-refractivity contribution >= 4 is 5.95 Å². The quantitative estimate of drug-likeness (QED) is 0.813. The predicted octanol–water partition coefficient (Wildman–Crippen LogP) is 0.541. The fraction of sp³-hybridized carbons (Fsp3) is 0.364. The van der Waals surface area contributed by atoms with Crippen molar-refractivity contribution in [2.24, 2.45) is 0 Å². The third kappa shape index (κ3) is 2.12. The molecule has 1 fully saturated rings. The average Bonchev–Trinajstić information content (AvgIpc) is 2.90. The van der Waals surface area contributed by atoms with Crippen molar-refractivity contribution in [2.75, 3.05) is 31.1 Å². The third-order valence-electron chi connectivity index (χ3n) is 2.74. The van der Waals surface area contributed by atoms with E-state index < -0.39 is 0 Å². The van der Waals surface area contributed by atoms with Crippen molar-refractivity contribution < 1.29 is 4.52 Å².